The SMILES string of the molecule is O=C(O)c1ccc(C(=O)NCC2(c3cccc(Cl)c3)CCOCC2)o1. The van der Waals surface area contributed by atoms with Gasteiger partial charge in [-0.3, -0.25) is 4.79 Å². The van der Waals surface area contributed by atoms with Crippen molar-refractivity contribution in [2.75, 3.05) is 19.8 Å². The molecular weight excluding hydrogens is 346 g/mol. The highest BCUT2D eigenvalue weighted by Gasteiger charge is 2.35. The van der Waals surface area contributed by atoms with Crippen molar-refractivity contribution in [3.05, 3.63) is 58.5 Å². The molecule has 1 aliphatic heterocycles. The molecule has 2 heterocycles. The van der Waals surface area contributed by atoms with Crippen LogP contribution in [0, 0.1) is 0 Å². The van der Waals surface area contributed by atoms with Crippen molar-refractivity contribution >= 4 is 23.5 Å². The van der Waals surface area contributed by atoms with Crippen LogP contribution in [0.3, 0.4) is 0 Å². The van der Waals surface area contributed by atoms with E-state index in [2.05, 4.69) is 5.32 Å². The molecule has 2 N–H and O–H groups in total. The van der Waals surface area contributed by atoms with Crippen molar-refractivity contribution in [1.82, 2.24) is 5.32 Å². The third-order valence-electron chi connectivity index (χ3n) is 4.51. The van der Waals surface area contributed by atoms with E-state index in [1.165, 1.54) is 12.1 Å². The van der Waals surface area contributed by atoms with Crippen LogP contribution in [0.5, 0.6) is 0 Å². The standard InChI is InChI=1S/C18H18ClNO5/c19-13-3-1-2-12(10-13)18(6-8-24-9-7-18)11-20-16(21)14-4-5-15(25-14)17(22)23/h1-5,10H,6-9,11H2,(H,20,21)(H,22,23). The molecule has 2 aromatic rings. The molecule has 0 bridgehead atoms. The summed E-state index contributed by atoms with van der Waals surface area (Å²) in [7, 11) is 0. The molecule has 0 spiro atoms. The van der Waals surface area contributed by atoms with E-state index >= 15 is 0 Å². The Hall–Kier alpha value is -2.31. The molecule has 132 valence electrons. The number of nitrogens with one attached hydrogen (secondary N) is 1. The lowest BCUT2D eigenvalue weighted by Gasteiger charge is -2.38. The number of rotatable bonds is 5. The second-order valence-electron chi connectivity index (χ2n) is 6.05. The first-order chi connectivity index (χ1) is 12.0. The summed E-state index contributed by atoms with van der Waals surface area (Å²) in [6, 6.07) is 10.2. The van der Waals surface area contributed by atoms with Crippen LogP contribution in [0.4, 0.5) is 0 Å². The number of furan rings is 1. The normalized spacial score (nSPS) is 16.4. The largest absolute Gasteiger partial charge is 0.475 e. The first kappa shape index (κ1) is 17.5. The van der Waals surface area contributed by atoms with Gasteiger partial charge in [0.25, 0.3) is 5.91 Å². The Morgan fingerprint density at radius 1 is 1.16 bits per heavy atom. The lowest BCUT2D eigenvalue weighted by atomic mass is 9.74. The number of ether oxygens (including phenoxy) is 1. The topological polar surface area (TPSA) is 88.8 Å². The zero-order valence-electron chi connectivity index (χ0n) is 13.5. The van der Waals surface area contributed by atoms with Gasteiger partial charge in [0.15, 0.2) is 5.76 Å². The molecule has 1 saturated heterocycles. The molecule has 1 aromatic heterocycles. The minimum atomic E-state index is -1.21. The van der Waals surface area contributed by atoms with Crippen LogP contribution in [0.2, 0.25) is 5.02 Å². The summed E-state index contributed by atoms with van der Waals surface area (Å²) in [6.45, 7) is 1.59. The number of carbonyl (C=O) groups excluding carboxylic acids is 1. The first-order valence-corrected chi connectivity index (χ1v) is 8.33. The van der Waals surface area contributed by atoms with Gasteiger partial charge in [0.1, 0.15) is 0 Å². The van der Waals surface area contributed by atoms with Crippen LogP contribution >= 0.6 is 11.6 Å². The van der Waals surface area contributed by atoms with Gasteiger partial charge in [-0.05, 0) is 42.7 Å². The average Bonchev–Trinajstić information content (AvgIpc) is 3.11. The highest BCUT2D eigenvalue weighted by Crippen LogP contribution is 2.35. The highest BCUT2D eigenvalue weighted by atomic mass is 35.5. The number of hydrogen-bond acceptors (Lipinski definition) is 4. The molecule has 7 heteroatoms. The van der Waals surface area contributed by atoms with Crippen LogP contribution in [-0.2, 0) is 10.2 Å². The van der Waals surface area contributed by atoms with Gasteiger partial charge in [0.2, 0.25) is 5.76 Å². The Morgan fingerprint density at radius 3 is 2.52 bits per heavy atom. The third-order valence-corrected chi connectivity index (χ3v) is 4.75. The van der Waals surface area contributed by atoms with Crippen molar-refractivity contribution in [3.8, 4) is 0 Å². The second kappa shape index (κ2) is 7.29. The maximum Gasteiger partial charge on any atom is 0.371 e. The van der Waals surface area contributed by atoms with Crippen molar-refractivity contribution in [2.45, 2.75) is 18.3 Å². The minimum Gasteiger partial charge on any atom is -0.475 e. The summed E-state index contributed by atoms with van der Waals surface area (Å²) in [5, 5.41) is 12.4. The molecular formula is C18H18ClNO5. The molecule has 25 heavy (non-hydrogen) atoms. The number of benzene rings is 1. The quantitative estimate of drug-likeness (QED) is 0.852. The predicted molar refractivity (Wildman–Crippen MR) is 91.2 cm³/mol. The second-order valence-corrected chi connectivity index (χ2v) is 6.49. The molecule has 0 atom stereocenters. The molecule has 0 aliphatic carbocycles. The number of hydrogen-bond donors (Lipinski definition) is 2. The lowest BCUT2D eigenvalue weighted by Crippen LogP contribution is -2.44. The van der Waals surface area contributed by atoms with Crippen LogP contribution in [0.15, 0.2) is 40.8 Å². The molecule has 0 saturated carbocycles. The Bertz CT molecular complexity index is 779. The number of halogens is 1. The molecule has 6 nitrogen and oxygen atoms in total. The Kier molecular flexibility index (Phi) is 5.11. The van der Waals surface area contributed by atoms with Gasteiger partial charge in [-0.25, -0.2) is 4.79 Å². The molecule has 1 amide bonds. The summed E-state index contributed by atoms with van der Waals surface area (Å²) in [5.41, 5.74) is 0.773. The van der Waals surface area contributed by atoms with E-state index in [-0.39, 0.29) is 16.9 Å². The van der Waals surface area contributed by atoms with Gasteiger partial charge in [-0.15, -0.1) is 0 Å². The fourth-order valence-corrected chi connectivity index (χ4v) is 3.25. The summed E-state index contributed by atoms with van der Waals surface area (Å²) in [6.07, 6.45) is 1.51. The fraction of sp³-hybridized carbons (Fsp3) is 0.333. The van der Waals surface area contributed by atoms with Crippen molar-refractivity contribution in [2.24, 2.45) is 0 Å². The zero-order valence-corrected chi connectivity index (χ0v) is 14.2. The van der Waals surface area contributed by atoms with E-state index in [1.807, 2.05) is 24.3 Å². The van der Waals surface area contributed by atoms with E-state index in [0.29, 0.717) is 24.8 Å². The van der Waals surface area contributed by atoms with Crippen LogP contribution in [0.1, 0.15) is 39.5 Å². The van der Waals surface area contributed by atoms with Crippen LogP contribution in [-0.4, -0.2) is 36.7 Å². The van der Waals surface area contributed by atoms with Gasteiger partial charge >= 0.3 is 5.97 Å². The van der Waals surface area contributed by atoms with Crippen molar-refractivity contribution < 1.29 is 23.8 Å². The van der Waals surface area contributed by atoms with E-state index in [4.69, 9.17) is 25.9 Å². The molecule has 3 rings (SSSR count). The summed E-state index contributed by atoms with van der Waals surface area (Å²) in [4.78, 5) is 23.2. The van der Waals surface area contributed by atoms with Gasteiger partial charge in [-0.2, -0.15) is 0 Å². The maximum atomic E-state index is 12.3. The summed E-state index contributed by atoms with van der Waals surface area (Å²) < 4.78 is 10.5. The van der Waals surface area contributed by atoms with Crippen molar-refractivity contribution in [1.29, 1.82) is 0 Å². The van der Waals surface area contributed by atoms with Gasteiger partial charge in [0, 0.05) is 30.2 Å². The van der Waals surface area contributed by atoms with E-state index in [1.54, 1.807) is 0 Å². The molecule has 1 fully saturated rings. The number of amides is 1. The maximum absolute atomic E-state index is 12.3. The first-order valence-electron chi connectivity index (χ1n) is 7.95. The van der Waals surface area contributed by atoms with Gasteiger partial charge < -0.3 is 19.6 Å². The Balaban J connectivity index is 1.76. The molecule has 1 aliphatic rings. The van der Waals surface area contributed by atoms with Crippen LogP contribution < -0.4 is 5.32 Å². The molecule has 1 aromatic carbocycles. The van der Waals surface area contributed by atoms with Gasteiger partial charge in [0.05, 0.1) is 0 Å². The predicted octanol–water partition coefficient (Wildman–Crippen LogP) is 3.11. The zero-order chi connectivity index (χ0) is 17.9. The number of carboxylic acid groups (broad SMARTS) is 1. The number of carboxylic acids is 1. The Labute approximate surface area is 149 Å². The highest BCUT2D eigenvalue weighted by molar-refractivity contribution is 6.30. The van der Waals surface area contributed by atoms with E-state index < -0.39 is 11.9 Å². The van der Waals surface area contributed by atoms with Gasteiger partial charge in [-0.1, -0.05) is 23.7 Å². The van der Waals surface area contributed by atoms with Crippen molar-refractivity contribution in [3.63, 3.8) is 0 Å². The minimum absolute atomic E-state index is 0.0225. The monoisotopic (exact) mass is 363 g/mol. The lowest BCUT2D eigenvalue weighted by molar-refractivity contribution is 0.0483. The Morgan fingerprint density at radius 2 is 1.88 bits per heavy atom. The number of aromatic carboxylic acids is 1. The van der Waals surface area contributed by atoms with E-state index in [0.717, 1.165) is 18.4 Å². The average molecular weight is 364 g/mol. The van der Waals surface area contributed by atoms with E-state index in [9.17, 15) is 9.59 Å². The third kappa shape index (κ3) is 3.86. The number of carbonyl (C=O) groups is 2. The smallest absolute Gasteiger partial charge is 0.371 e. The molecule has 0 radical (unpaired) electrons. The summed E-state index contributed by atoms with van der Waals surface area (Å²) >= 11 is 6.13. The molecule has 0 unspecified atom stereocenters. The van der Waals surface area contributed by atoms with Crippen LogP contribution in [0.25, 0.3) is 0 Å². The fourth-order valence-electron chi connectivity index (χ4n) is 3.06. The summed E-state index contributed by atoms with van der Waals surface area (Å²) in [5.74, 6) is -1.94.